The van der Waals surface area contributed by atoms with Crippen molar-refractivity contribution < 1.29 is 9.53 Å². The Labute approximate surface area is 142 Å². The summed E-state index contributed by atoms with van der Waals surface area (Å²) >= 11 is 9.72. The summed E-state index contributed by atoms with van der Waals surface area (Å²) in [4.78, 5) is 20.9. The fraction of sp³-hybridized carbons (Fsp3) is 0.312. The molecule has 0 saturated heterocycles. The van der Waals surface area contributed by atoms with Crippen molar-refractivity contribution in [2.75, 3.05) is 7.11 Å². The maximum atomic E-state index is 12.1. The van der Waals surface area contributed by atoms with E-state index in [2.05, 4.69) is 25.9 Å². The smallest absolute Gasteiger partial charge is 0.357 e. The molecule has 0 bridgehead atoms. The van der Waals surface area contributed by atoms with E-state index in [0.29, 0.717) is 27.7 Å². The van der Waals surface area contributed by atoms with Gasteiger partial charge < -0.3 is 4.74 Å². The number of esters is 1. The van der Waals surface area contributed by atoms with Crippen LogP contribution in [0.15, 0.2) is 24.4 Å². The van der Waals surface area contributed by atoms with Crippen LogP contribution in [0.3, 0.4) is 0 Å². The molecular formula is C16H14BrClN2O2. The van der Waals surface area contributed by atoms with E-state index in [0.717, 1.165) is 24.0 Å². The topological polar surface area (TPSA) is 52.1 Å². The fourth-order valence-electron chi connectivity index (χ4n) is 2.25. The second kappa shape index (κ2) is 6.34. The molecule has 0 radical (unpaired) electrons. The van der Waals surface area contributed by atoms with Gasteiger partial charge in [0.1, 0.15) is 5.82 Å². The van der Waals surface area contributed by atoms with Crippen LogP contribution in [-0.2, 0) is 10.1 Å². The normalized spacial score (nSPS) is 14.0. The molecule has 1 aromatic carbocycles. The van der Waals surface area contributed by atoms with Crippen LogP contribution in [0.25, 0.3) is 11.1 Å². The van der Waals surface area contributed by atoms with Gasteiger partial charge in [-0.1, -0.05) is 33.6 Å². The van der Waals surface area contributed by atoms with Gasteiger partial charge in [0.25, 0.3) is 0 Å². The van der Waals surface area contributed by atoms with Gasteiger partial charge in [0.15, 0.2) is 5.69 Å². The summed E-state index contributed by atoms with van der Waals surface area (Å²) in [6, 6.07) is 5.67. The zero-order valence-electron chi connectivity index (χ0n) is 12.0. The molecule has 1 fully saturated rings. The average molecular weight is 382 g/mol. The average Bonchev–Trinajstić information content (AvgIpc) is 3.39. The molecule has 1 saturated carbocycles. The molecule has 0 spiro atoms. The molecule has 0 unspecified atom stereocenters. The highest BCUT2D eigenvalue weighted by Gasteiger charge is 2.29. The Bertz CT molecular complexity index is 732. The third-order valence-corrected chi connectivity index (χ3v) is 4.58. The first kappa shape index (κ1) is 15.4. The van der Waals surface area contributed by atoms with E-state index < -0.39 is 5.97 Å². The predicted molar refractivity (Wildman–Crippen MR) is 88.4 cm³/mol. The maximum absolute atomic E-state index is 12.1. The van der Waals surface area contributed by atoms with Gasteiger partial charge in [-0.15, -0.1) is 0 Å². The lowest BCUT2D eigenvalue weighted by molar-refractivity contribution is 0.0594. The number of nitrogens with zero attached hydrogens (tertiary/aromatic N) is 2. The number of aromatic nitrogens is 2. The van der Waals surface area contributed by atoms with Crippen LogP contribution in [0.2, 0.25) is 5.02 Å². The molecule has 0 amide bonds. The molecule has 0 atom stereocenters. The molecule has 2 aromatic rings. The molecule has 3 rings (SSSR count). The van der Waals surface area contributed by atoms with E-state index in [1.807, 2.05) is 18.2 Å². The van der Waals surface area contributed by atoms with Crippen LogP contribution >= 0.6 is 27.5 Å². The van der Waals surface area contributed by atoms with Crippen LogP contribution in [0.1, 0.15) is 40.6 Å². The monoisotopic (exact) mass is 380 g/mol. The minimum absolute atomic E-state index is 0.271. The lowest BCUT2D eigenvalue weighted by Gasteiger charge is -2.11. The van der Waals surface area contributed by atoms with E-state index >= 15 is 0 Å². The second-order valence-corrected chi connectivity index (χ2v) is 6.17. The molecule has 6 heteroatoms. The Morgan fingerprint density at radius 2 is 2.18 bits per heavy atom. The number of benzene rings is 1. The zero-order valence-corrected chi connectivity index (χ0v) is 14.3. The number of hydrogen-bond donors (Lipinski definition) is 0. The van der Waals surface area contributed by atoms with Crippen LogP contribution in [0.5, 0.6) is 0 Å². The summed E-state index contributed by atoms with van der Waals surface area (Å²) in [5.74, 6) is 0.596. The minimum atomic E-state index is -0.473. The number of carbonyl (C=O) groups is 1. The van der Waals surface area contributed by atoms with E-state index in [1.54, 1.807) is 6.20 Å². The summed E-state index contributed by atoms with van der Waals surface area (Å²) in [5.41, 5.74) is 2.67. The molecule has 114 valence electrons. The van der Waals surface area contributed by atoms with E-state index in [9.17, 15) is 4.79 Å². The van der Waals surface area contributed by atoms with Gasteiger partial charge in [0.05, 0.1) is 7.11 Å². The summed E-state index contributed by atoms with van der Waals surface area (Å²) in [5, 5.41) is 1.25. The predicted octanol–water partition coefficient (Wildman–Crippen LogP) is 4.36. The first-order chi connectivity index (χ1) is 10.6. The molecule has 1 aliphatic carbocycles. The van der Waals surface area contributed by atoms with E-state index in [4.69, 9.17) is 16.3 Å². The lowest BCUT2D eigenvalue weighted by Crippen LogP contribution is -2.10. The van der Waals surface area contributed by atoms with Gasteiger partial charge >= 0.3 is 5.97 Å². The highest BCUT2D eigenvalue weighted by atomic mass is 79.9. The molecule has 1 aliphatic rings. The largest absolute Gasteiger partial charge is 0.464 e. The number of alkyl halides is 1. The number of halogens is 2. The van der Waals surface area contributed by atoms with Gasteiger partial charge in [-0.05, 0) is 30.5 Å². The number of ether oxygens (including phenoxy) is 1. The zero-order chi connectivity index (χ0) is 15.7. The Hall–Kier alpha value is -1.46. The molecule has 1 aromatic heterocycles. The Morgan fingerprint density at radius 3 is 2.82 bits per heavy atom. The van der Waals surface area contributed by atoms with E-state index in [-0.39, 0.29) is 5.69 Å². The van der Waals surface area contributed by atoms with Crippen molar-refractivity contribution in [1.82, 2.24) is 9.97 Å². The molecule has 22 heavy (non-hydrogen) atoms. The molecule has 1 heterocycles. The van der Waals surface area contributed by atoms with Gasteiger partial charge in [-0.2, -0.15) is 0 Å². The van der Waals surface area contributed by atoms with Crippen molar-refractivity contribution in [3.8, 4) is 11.1 Å². The highest BCUT2D eigenvalue weighted by Crippen LogP contribution is 2.39. The summed E-state index contributed by atoms with van der Waals surface area (Å²) in [7, 11) is 1.35. The van der Waals surface area contributed by atoms with Crippen molar-refractivity contribution in [3.63, 3.8) is 0 Å². The van der Waals surface area contributed by atoms with Gasteiger partial charge in [-0.3, -0.25) is 0 Å². The van der Waals surface area contributed by atoms with Crippen molar-refractivity contribution in [1.29, 1.82) is 0 Å². The number of methoxy groups -OCH3 is 1. The standard InChI is InChI=1S/C16H14BrClN2O2/c1-22-16(21)14-12(8-19-15(20-14)10-3-4-10)11-6-9(7-17)2-5-13(11)18/h2,5-6,8,10H,3-4,7H2,1H3. The summed E-state index contributed by atoms with van der Waals surface area (Å²) < 4.78 is 4.87. The third-order valence-electron chi connectivity index (χ3n) is 3.60. The SMILES string of the molecule is COC(=O)c1nc(C2CC2)ncc1-c1cc(CBr)ccc1Cl. The number of carbonyl (C=O) groups excluding carboxylic acids is 1. The fourth-order valence-corrected chi connectivity index (χ4v) is 2.81. The Balaban J connectivity index is 2.14. The molecule has 4 nitrogen and oxygen atoms in total. The Morgan fingerprint density at radius 1 is 1.41 bits per heavy atom. The molecule has 0 N–H and O–H groups in total. The van der Waals surface area contributed by atoms with Gasteiger partial charge in [-0.25, -0.2) is 14.8 Å². The number of hydrogen-bond acceptors (Lipinski definition) is 4. The number of rotatable bonds is 4. The van der Waals surface area contributed by atoms with E-state index in [1.165, 1.54) is 7.11 Å². The van der Waals surface area contributed by atoms with Crippen LogP contribution in [0, 0.1) is 0 Å². The summed E-state index contributed by atoms with van der Waals surface area (Å²) in [6.45, 7) is 0. The third kappa shape index (κ3) is 3.01. The minimum Gasteiger partial charge on any atom is -0.464 e. The van der Waals surface area contributed by atoms with Crippen LogP contribution in [-0.4, -0.2) is 23.0 Å². The van der Waals surface area contributed by atoms with Crippen LogP contribution in [0.4, 0.5) is 0 Å². The Kier molecular flexibility index (Phi) is 4.45. The van der Waals surface area contributed by atoms with Gasteiger partial charge in [0, 0.05) is 33.6 Å². The quantitative estimate of drug-likeness (QED) is 0.583. The first-order valence-corrected chi connectivity index (χ1v) is 8.44. The van der Waals surface area contributed by atoms with Crippen molar-refractivity contribution >= 4 is 33.5 Å². The molecule has 0 aliphatic heterocycles. The highest BCUT2D eigenvalue weighted by molar-refractivity contribution is 9.08. The van der Waals surface area contributed by atoms with Crippen LogP contribution < -0.4 is 0 Å². The first-order valence-electron chi connectivity index (χ1n) is 6.94. The van der Waals surface area contributed by atoms with Gasteiger partial charge in [0.2, 0.25) is 0 Å². The van der Waals surface area contributed by atoms with Crippen molar-refractivity contribution in [2.24, 2.45) is 0 Å². The lowest BCUT2D eigenvalue weighted by atomic mass is 10.0. The van der Waals surface area contributed by atoms with Crippen molar-refractivity contribution in [3.05, 3.63) is 46.5 Å². The molecular weight excluding hydrogens is 368 g/mol. The second-order valence-electron chi connectivity index (χ2n) is 5.20. The van der Waals surface area contributed by atoms with Crippen molar-refractivity contribution in [2.45, 2.75) is 24.1 Å². The summed E-state index contributed by atoms with van der Waals surface area (Å²) in [6.07, 6.45) is 3.81. The maximum Gasteiger partial charge on any atom is 0.357 e.